The van der Waals surface area contributed by atoms with Crippen molar-refractivity contribution in [2.45, 2.75) is 31.4 Å². The summed E-state index contributed by atoms with van der Waals surface area (Å²) in [7, 11) is 4.83. The lowest BCUT2D eigenvalue weighted by Gasteiger charge is -2.37. The molecule has 0 aliphatic heterocycles. The zero-order chi connectivity index (χ0) is 14.6. The van der Waals surface area contributed by atoms with Crippen molar-refractivity contribution in [3.63, 3.8) is 0 Å². The van der Waals surface area contributed by atoms with Crippen molar-refractivity contribution in [1.82, 2.24) is 0 Å². The van der Waals surface area contributed by atoms with Crippen LogP contribution < -0.4 is 9.47 Å². The van der Waals surface area contributed by atoms with Crippen LogP contribution in [0, 0.1) is 0 Å². The molecule has 1 saturated carbocycles. The molecular weight excluding hydrogens is 258 g/mol. The Morgan fingerprint density at radius 2 is 1.80 bits per heavy atom. The summed E-state index contributed by atoms with van der Waals surface area (Å²) in [5.41, 5.74) is 1.32. The summed E-state index contributed by atoms with van der Waals surface area (Å²) < 4.78 is 16.0. The van der Waals surface area contributed by atoms with Crippen LogP contribution in [0.2, 0.25) is 0 Å². The molecule has 5 nitrogen and oxygen atoms in total. The summed E-state index contributed by atoms with van der Waals surface area (Å²) in [6, 6.07) is 3.83. The van der Waals surface area contributed by atoms with Crippen molar-refractivity contribution >= 4 is 6.08 Å². The topological polar surface area (TPSA) is 57.1 Å². The first-order valence-corrected chi connectivity index (χ1v) is 6.54. The fraction of sp³-hybridized carbons (Fsp3) is 0.533. The monoisotopic (exact) mass is 277 g/mol. The summed E-state index contributed by atoms with van der Waals surface area (Å²) in [5, 5.41) is 0. The highest BCUT2D eigenvalue weighted by atomic mass is 16.5. The van der Waals surface area contributed by atoms with Crippen molar-refractivity contribution in [2.24, 2.45) is 4.99 Å². The minimum absolute atomic E-state index is 0.399. The maximum atomic E-state index is 10.7. The van der Waals surface area contributed by atoms with E-state index in [1.165, 1.54) is 0 Å². The zero-order valence-electron chi connectivity index (χ0n) is 12.1. The number of ether oxygens (including phenoxy) is 3. The Labute approximate surface area is 118 Å². The zero-order valence-corrected chi connectivity index (χ0v) is 12.1. The van der Waals surface area contributed by atoms with Crippen molar-refractivity contribution in [2.75, 3.05) is 21.3 Å². The number of rotatable bonds is 6. The van der Waals surface area contributed by atoms with Gasteiger partial charge in [0.15, 0.2) is 0 Å². The second kappa shape index (κ2) is 6.07. The average Bonchev–Trinajstić information content (AvgIpc) is 2.43. The molecule has 0 radical (unpaired) electrons. The van der Waals surface area contributed by atoms with Gasteiger partial charge in [0.2, 0.25) is 6.08 Å². The van der Waals surface area contributed by atoms with Crippen LogP contribution in [0.25, 0.3) is 0 Å². The Balaban J connectivity index is 2.52. The molecule has 0 amide bonds. The standard InChI is InChI=1S/C15H19NO4/c1-18-9-12-13(19-2)7-11(8-14(12)20-3)15(16-10-17)5-4-6-15/h7-8H,4-6,9H2,1-3H3. The van der Waals surface area contributed by atoms with Crippen LogP contribution in [0.4, 0.5) is 0 Å². The van der Waals surface area contributed by atoms with Crippen LogP contribution in [0.1, 0.15) is 30.4 Å². The number of methoxy groups -OCH3 is 3. The van der Waals surface area contributed by atoms with Gasteiger partial charge in [-0.3, -0.25) is 0 Å². The van der Waals surface area contributed by atoms with E-state index in [1.807, 2.05) is 12.1 Å². The van der Waals surface area contributed by atoms with Gasteiger partial charge in [-0.1, -0.05) is 0 Å². The molecule has 20 heavy (non-hydrogen) atoms. The Hall–Kier alpha value is -1.84. The van der Waals surface area contributed by atoms with Gasteiger partial charge in [-0.25, -0.2) is 4.79 Å². The highest BCUT2D eigenvalue weighted by molar-refractivity contribution is 5.51. The van der Waals surface area contributed by atoms with Gasteiger partial charge < -0.3 is 14.2 Å². The number of aliphatic imine (C=N–C) groups is 1. The predicted octanol–water partition coefficient (Wildman–Crippen LogP) is 2.57. The largest absolute Gasteiger partial charge is 0.496 e. The number of hydrogen-bond acceptors (Lipinski definition) is 5. The maximum absolute atomic E-state index is 10.7. The Bertz CT molecular complexity index is 506. The van der Waals surface area contributed by atoms with Crippen molar-refractivity contribution in [3.8, 4) is 11.5 Å². The smallest absolute Gasteiger partial charge is 0.235 e. The summed E-state index contributed by atoms with van der Waals surface area (Å²) in [6.45, 7) is 0.399. The summed E-state index contributed by atoms with van der Waals surface area (Å²) in [6.07, 6.45) is 4.43. The van der Waals surface area contributed by atoms with Gasteiger partial charge in [0.25, 0.3) is 0 Å². The maximum Gasteiger partial charge on any atom is 0.235 e. The molecule has 5 heteroatoms. The molecule has 1 fully saturated rings. The first kappa shape index (κ1) is 14.6. The molecule has 108 valence electrons. The van der Waals surface area contributed by atoms with Crippen LogP contribution in [-0.4, -0.2) is 27.4 Å². The summed E-state index contributed by atoms with van der Waals surface area (Å²) in [5.74, 6) is 1.38. The predicted molar refractivity (Wildman–Crippen MR) is 73.9 cm³/mol. The molecule has 0 spiro atoms. The van der Waals surface area contributed by atoms with E-state index in [9.17, 15) is 4.79 Å². The molecule has 0 atom stereocenters. The van der Waals surface area contributed by atoms with E-state index < -0.39 is 5.54 Å². The number of isocyanates is 1. The van der Waals surface area contributed by atoms with E-state index in [1.54, 1.807) is 27.4 Å². The summed E-state index contributed by atoms with van der Waals surface area (Å²) in [4.78, 5) is 14.7. The SMILES string of the molecule is COCc1c(OC)cc(C2(N=C=O)CCC2)cc1OC. The molecule has 1 aromatic carbocycles. The van der Waals surface area contributed by atoms with Crippen LogP contribution in [0.15, 0.2) is 17.1 Å². The van der Waals surface area contributed by atoms with E-state index >= 15 is 0 Å². The molecule has 0 unspecified atom stereocenters. The third-order valence-electron chi connectivity index (χ3n) is 3.87. The minimum Gasteiger partial charge on any atom is -0.496 e. The molecule has 1 aromatic rings. The fourth-order valence-corrected chi connectivity index (χ4v) is 2.60. The van der Waals surface area contributed by atoms with Gasteiger partial charge in [-0.15, -0.1) is 0 Å². The first-order valence-electron chi connectivity index (χ1n) is 6.54. The second-order valence-electron chi connectivity index (χ2n) is 4.88. The lowest BCUT2D eigenvalue weighted by atomic mass is 9.72. The van der Waals surface area contributed by atoms with Crippen molar-refractivity contribution < 1.29 is 19.0 Å². The van der Waals surface area contributed by atoms with E-state index in [4.69, 9.17) is 14.2 Å². The van der Waals surface area contributed by atoms with Gasteiger partial charge in [-0.05, 0) is 37.0 Å². The first-order chi connectivity index (χ1) is 9.70. The van der Waals surface area contributed by atoms with Crippen LogP contribution in [0.5, 0.6) is 11.5 Å². The van der Waals surface area contributed by atoms with Gasteiger partial charge in [0, 0.05) is 7.11 Å². The molecule has 1 aliphatic rings. The number of benzene rings is 1. The van der Waals surface area contributed by atoms with E-state index in [0.717, 1.165) is 30.4 Å². The highest BCUT2D eigenvalue weighted by Gasteiger charge is 2.40. The Kier molecular flexibility index (Phi) is 4.42. The van der Waals surface area contributed by atoms with E-state index in [0.29, 0.717) is 18.1 Å². The van der Waals surface area contributed by atoms with E-state index in [-0.39, 0.29) is 0 Å². The molecule has 0 aromatic heterocycles. The van der Waals surface area contributed by atoms with Gasteiger partial charge in [-0.2, -0.15) is 4.99 Å². The third-order valence-corrected chi connectivity index (χ3v) is 3.87. The van der Waals surface area contributed by atoms with Crippen LogP contribution in [0.3, 0.4) is 0 Å². The average molecular weight is 277 g/mol. The molecular formula is C15H19NO4. The van der Waals surface area contributed by atoms with E-state index in [2.05, 4.69) is 4.99 Å². The number of nitrogens with zero attached hydrogens (tertiary/aromatic N) is 1. The van der Waals surface area contributed by atoms with Gasteiger partial charge >= 0.3 is 0 Å². The quantitative estimate of drug-likeness (QED) is 0.592. The Morgan fingerprint density at radius 1 is 1.20 bits per heavy atom. The van der Waals surface area contributed by atoms with Crippen LogP contribution in [-0.2, 0) is 21.7 Å². The molecule has 0 bridgehead atoms. The molecule has 2 rings (SSSR count). The van der Waals surface area contributed by atoms with Crippen molar-refractivity contribution in [1.29, 1.82) is 0 Å². The second-order valence-corrected chi connectivity index (χ2v) is 4.88. The minimum atomic E-state index is -0.464. The Morgan fingerprint density at radius 3 is 2.15 bits per heavy atom. The molecule has 0 saturated heterocycles. The third kappa shape index (κ3) is 2.42. The molecule has 1 aliphatic carbocycles. The van der Waals surface area contributed by atoms with Gasteiger partial charge in [0.1, 0.15) is 11.5 Å². The lowest BCUT2D eigenvalue weighted by Crippen LogP contribution is -2.32. The molecule has 0 heterocycles. The van der Waals surface area contributed by atoms with Gasteiger partial charge in [0.05, 0.1) is 31.9 Å². The highest BCUT2D eigenvalue weighted by Crippen LogP contribution is 2.47. The number of carbonyl (C=O) groups excluding carboxylic acids is 1. The lowest BCUT2D eigenvalue weighted by molar-refractivity contribution is 0.177. The summed E-state index contributed by atoms with van der Waals surface area (Å²) >= 11 is 0. The number of hydrogen-bond donors (Lipinski definition) is 0. The van der Waals surface area contributed by atoms with Crippen LogP contribution >= 0.6 is 0 Å². The molecule has 0 N–H and O–H groups in total. The van der Waals surface area contributed by atoms with Crippen molar-refractivity contribution in [3.05, 3.63) is 23.3 Å². The fourth-order valence-electron chi connectivity index (χ4n) is 2.60. The normalized spacial score (nSPS) is 15.9.